The molecule has 0 saturated heterocycles. The van der Waals surface area contributed by atoms with Crippen LogP contribution in [0.25, 0.3) is 0 Å². The molecule has 0 heterocycles. The van der Waals surface area contributed by atoms with Gasteiger partial charge in [0.25, 0.3) is 0 Å². The fourth-order valence-corrected chi connectivity index (χ4v) is 2.51. The van der Waals surface area contributed by atoms with Crippen LogP contribution in [0.4, 0.5) is 5.69 Å². The summed E-state index contributed by atoms with van der Waals surface area (Å²) in [6, 6.07) is 13.5. The van der Waals surface area contributed by atoms with Gasteiger partial charge in [-0.3, -0.25) is 4.79 Å². The number of carbonyl (C=O) groups excluding carboxylic acids is 1. The van der Waals surface area contributed by atoms with E-state index < -0.39 is 0 Å². The normalized spacial score (nSPS) is 10.4. The minimum atomic E-state index is -0.0930. The van der Waals surface area contributed by atoms with Crippen LogP contribution in [0.2, 0.25) is 10.0 Å². The van der Waals surface area contributed by atoms with Gasteiger partial charge in [-0.15, -0.1) is 0 Å². The second-order valence-corrected chi connectivity index (χ2v) is 5.63. The number of aryl methyl sites for hydroxylation is 2. The van der Waals surface area contributed by atoms with Crippen LogP contribution >= 0.6 is 23.2 Å². The molecule has 0 saturated carbocycles. The van der Waals surface area contributed by atoms with Crippen LogP contribution in [-0.4, -0.2) is 5.91 Å². The van der Waals surface area contributed by atoms with E-state index in [1.807, 2.05) is 0 Å². The summed E-state index contributed by atoms with van der Waals surface area (Å²) in [6.45, 7) is 2.12. The Hall–Kier alpha value is -1.51. The molecule has 0 fully saturated rings. The number of rotatable bonds is 5. The number of amides is 1. The minimum Gasteiger partial charge on any atom is -0.324 e. The highest BCUT2D eigenvalue weighted by Gasteiger charge is 2.09. The van der Waals surface area contributed by atoms with Crippen LogP contribution in [0, 0.1) is 0 Å². The van der Waals surface area contributed by atoms with E-state index in [1.165, 1.54) is 5.56 Å². The Labute approximate surface area is 135 Å². The SMILES string of the molecule is CCc1ccc(CCC(=O)Nc2c(Cl)cccc2Cl)cc1. The number of benzene rings is 2. The lowest BCUT2D eigenvalue weighted by atomic mass is 10.1. The first kappa shape index (κ1) is 15.9. The third-order valence-corrected chi connectivity index (χ3v) is 3.93. The van der Waals surface area contributed by atoms with Gasteiger partial charge in [0, 0.05) is 6.42 Å². The smallest absolute Gasteiger partial charge is 0.224 e. The largest absolute Gasteiger partial charge is 0.324 e. The number of halogens is 2. The Balaban J connectivity index is 1.92. The van der Waals surface area contributed by atoms with Crippen LogP contribution in [0.5, 0.6) is 0 Å². The Bertz CT molecular complexity index is 603. The maximum absolute atomic E-state index is 12.0. The van der Waals surface area contributed by atoms with Gasteiger partial charge >= 0.3 is 0 Å². The fourth-order valence-electron chi connectivity index (χ4n) is 2.02. The first-order chi connectivity index (χ1) is 10.1. The number of para-hydroxylation sites is 1. The van der Waals surface area contributed by atoms with E-state index in [0.717, 1.165) is 12.0 Å². The van der Waals surface area contributed by atoms with E-state index in [0.29, 0.717) is 28.6 Å². The van der Waals surface area contributed by atoms with Crippen molar-refractivity contribution in [2.45, 2.75) is 26.2 Å². The molecule has 0 aromatic heterocycles. The monoisotopic (exact) mass is 321 g/mol. The summed E-state index contributed by atoms with van der Waals surface area (Å²) in [7, 11) is 0. The minimum absolute atomic E-state index is 0.0930. The average molecular weight is 322 g/mol. The lowest BCUT2D eigenvalue weighted by Gasteiger charge is -2.09. The molecule has 21 heavy (non-hydrogen) atoms. The van der Waals surface area contributed by atoms with Crippen molar-refractivity contribution < 1.29 is 4.79 Å². The van der Waals surface area contributed by atoms with E-state index in [1.54, 1.807) is 18.2 Å². The van der Waals surface area contributed by atoms with Crippen LogP contribution in [0.1, 0.15) is 24.5 Å². The van der Waals surface area contributed by atoms with E-state index in [9.17, 15) is 4.79 Å². The van der Waals surface area contributed by atoms with Crippen LogP contribution in [0.3, 0.4) is 0 Å². The zero-order chi connectivity index (χ0) is 15.2. The molecule has 0 aliphatic rings. The van der Waals surface area contributed by atoms with Gasteiger partial charge in [0.1, 0.15) is 0 Å². The Morgan fingerprint density at radius 1 is 1.00 bits per heavy atom. The Morgan fingerprint density at radius 2 is 1.57 bits per heavy atom. The molecule has 0 bridgehead atoms. The van der Waals surface area contributed by atoms with Gasteiger partial charge in [0.15, 0.2) is 0 Å². The predicted octanol–water partition coefficient (Wildman–Crippen LogP) is 5.13. The molecule has 2 aromatic carbocycles. The molecule has 2 aromatic rings. The van der Waals surface area contributed by atoms with Gasteiger partial charge in [-0.1, -0.05) is 60.5 Å². The first-order valence-corrected chi connectivity index (χ1v) is 7.67. The van der Waals surface area contributed by atoms with Crippen molar-refractivity contribution in [3.8, 4) is 0 Å². The van der Waals surface area contributed by atoms with Crippen LogP contribution in [-0.2, 0) is 17.6 Å². The van der Waals surface area contributed by atoms with Gasteiger partial charge in [-0.2, -0.15) is 0 Å². The van der Waals surface area contributed by atoms with Crippen molar-refractivity contribution in [2.75, 3.05) is 5.32 Å². The van der Waals surface area contributed by atoms with Gasteiger partial charge in [0.2, 0.25) is 5.91 Å². The zero-order valence-electron chi connectivity index (χ0n) is 11.8. The molecule has 0 aliphatic carbocycles. The first-order valence-electron chi connectivity index (χ1n) is 6.92. The second kappa shape index (κ2) is 7.48. The Morgan fingerprint density at radius 3 is 2.14 bits per heavy atom. The van der Waals surface area contributed by atoms with Crippen molar-refractivity contribution in [2.24, 2.45) is 0 Å². The molecule has 2 nitrogen and oxygen atoms in total. The quantitative estimate of drug-likeness (QED) is 0.812. The van der Waals surface area contributed by atoms with E-state index in [-0.39, 0.29) is 5.91 Å². The molecule has 1 amide bonds. The highest BCUT2D eigenvalue weighted by Crippen LogP contribution is 2.29. The lowest BCUT2D eigenvalue weighted by molar-refractivity contribution is -0.116. The molecule has 4 heteroatoms. The summed E-state index contributed by atoms with van der Waals surface area (Å²) < 4.78 is 0. The van der Waals surface area contributed by atoms with Gasteiger partial charge in [-0.25, -0.2) is 0 Å². The van der Waals surface area contributed by atoms with Crippen molar-refractivity contribution in [1.29, 1.82) is 0 Å². The van der Waals surface area contributed by atoms with Crippen molar-refractivity contribution in [1.82, 2.24) is 0 Å². The lowest BCUT2D eigenvalue weighted by Crippen LogP contribution is -2.13. The maximum atomic E-state index is 12.0. The highest BCUT2D eigenvalue weighted by molar-refractivity contribution is 6.39. The van der Waals surface area contributed by atoms with E-state index in [2.05, 4.69) is 36.5 Å². The van der Waals surface area contributed by atoms with Crippen molar-refractivity contribution in [3.63, 3.8) is 0 Å². The van der Waals surface area contributed by atoms with Gasteiger partial charge in [-0.05, 0) is 36.1 Å². The van der Waals surface area contributed by atoms with Crippen LogP contribution in [0.15, 0.2) is 42.5 Å². The molecular formula is C17H17Cl2NO. The van der Waals surface area contributed by atoms with E-state index in [4.69, 9.17) is 23.2 Å². The third-order valence-electron chi connectivity index (χ3n) is 3.30. The number of hydrogen-bond acceptors (Lipinski definition) is 1. The van der Waals surface area contributed by atoms with Crippen molar-refractivity contribution in [3.05, 3.63) is 63.6 Å². The Kier molecular flexibility index (Phi) is 5.66. The third kappa shape index (κ3) is 4.48. The molecule has 0 aliphatic heterocycles. The number of hydrogen-bond donors (Lipinski definition) is 1. The molecule has 0 unspecified atom stereocenters. The molecule has 0 atom stereocenters. The maximum Gasteiger partial charge on any atom is 0.224 e. The summed E-state index contributed by atoms with van der Waals surface area (Å²) in [5, 5.41) is 3.66. The summed E-state index contributed by atoms with van der Waals surface area (Å²) in [5.41, 5.74) is 2.92. The summed E-state index contributed by atoms with van der Waals surface area (Å²) in [5.74, 6) is -0.0930. The molecule has 1 N–H and O–H groups in total. The zero-order valence-corrected chi connectivity index (χ0v) is 13.3. The van der Waals surface area contributed by atoms with Gasteiger partial charge < -0.3 is 5.32 Å². The van der Waals surface area contributed by atoms with E-state index >= 15 is 0 Å². The number of nitrogens with one attached hydrogen (secondary N) is 1. The number of carbonyl (C=O) groups is 1. The summed E-state index contributed by atoms with van der Waals surface area (Å²) in [6.07, 6.45) is 2.11. The second-order valence-electron chi connectivity index (χ2n) is 4.81. The summed E-state index contributed by atoms with van der Waals surface area (Å²) in [4.78, 5) is 12.0. The fraction of sp³-hybridized carbons (Fsp3) is 0.235. The van der Waals surface area contributed by atoms with Gasteiger partial charge in [0.05, 0.1) is 15.7 Å². The molecule has 0 radical (unpaired) electrons. The summed E-state index contributed by atoms with van der Waals surface area (Å²) >= 11 is 12.0. The van der Waals surface area contributed by atoms with Crippen molar-refractivity contribution >= 4 is 34.8 Å². The molecule has 110 valence electrons. The standard InChI is InChI=1S/C17H17Cl2NO/c1-2-12-6-8-13(9-7-12)10-11-16(21)20-17-14(18)4-3-5-15(17)19/h3-9H,2,10-11H2,1H3,(H,20,21). The number of anilines is 1. The predicted molar refractivity (Wildman–Crippen MR) is 89.2 cm³/mol. The van der Waals surface area contributed by atoms with Crippen LogP contribution < -0.4 is 5.32 Å². The average Bonchev–Trinajstić information content (AvgIpc) is 2.49. The molecule has 2 rings (SSSR count). The highest BCUT2D eigenvalue weighted by atomic mass is 35.5. The molecule has 0 spiro atoms. The molecular weight excluding hydrogens is 305 g/mol. The topological polar surface area (TPSA) is 29.1 Å².